The van der Waals surface area contributed by atoms with Crippen molar-refractivity contribution in [1.82, 2.24) is 0 Å². The highest BCUT2D eigenvalue weighted by molar-refractivity contribution is 7.85. The van der Waals surface area contributed by atoms with E-state index in [0.29, 0.717) is 12.8 Å². The lowest BCUT2D eigenvalue weighted by atomic mass is 10.1. The van der Waals surface area contributed by atoms with Crippen LogP contribution in [-0.2, 0) is 29.7 Å². The first-order valence-electron chi connectivity index (χ1n) is 11.7. The molecule has 0 N–H and O–H groups in total. The first-order valence-corrected chi connectivity index (χ1v) is 14.9. The van der Waals surface area contributed by atoms with Gasteiger partial charge in [-0.2, -0.15) is 0 Å². The molecule has 40 heavy (non-hydrogen) atoms. The molecule has 0 aliphatic carbocycles. The van der Waals surface area contributed by atoms with Gasteiger partial charge in [0.25, 0.3) is 11.4 Å². The Morgan fingerprint density at radius 2 is 1.07 bits per heavy atom. The van der Waals surface area contributed by atoms with E-state index in [4.69, 9.17) is 32.1 Å². The average Bonchev–Trinajstić information content (AvgIpc) is 2.88. The smallest absolute Gasteiger partial charge is 0.272 e. The maximum atomic E-state index is 10.6. The lowest BCUT2D eigenvalue weighted by Crippen LogP contribution is -2.22. The van der Waals surface area contributed by atoms with Gasteiger partial charge in [0.15, 0.2) is 0 Å². The van der Waals surface area contributed by atoms with Crippen LogP contribution in [0.5, 0.6) is 11.5 Å². The second-order valence-corrected chi connectivity index (χ2v) is 10.9. The molecular formula is C24H26N4O10S2-2. The minimum Gasteiger partial charge on any atom is -0.748 e. The zero-order valence-electron chi connectivity index (χ0n) is 21.3. The summed E-state index contributed by atoms with van der Waals surface area (Å²) in [7, 11) is -8.57. The molecule has 1 aromatic rings. The number of benzene rings is 1. The SMILES string of the molecule is [C-]#[N+]/C(C#N)=c1/cc(OCCOCCCCS(=O)(=O)[O-])/c(=C(\C#N)[N+]#[C-])cc1OCCOCCCCS(=O)(=O)[O-]. The number of hydrogen-bond acceptors (Lipinski definition) is 12. The highest BCUT2D eigenvalue weighted by Crippen LogP contribution is 2.13. The number of rotatable bonds is 18. The van der Waals surface area contributed by atoms with Gasteiger partial charge in [-0.3, -0.25) is 0 Å². The van der Waals surface area contributed by atoms with Crippen molar-refractivity contribution in [2.45, 2.75) is 25.7 Å². The molecule has 0 saturated heterocycles. The predicted octanol–water partition coefficient (Wildman–Crippen LogP) is 0.230. The van der Waals surface area contributed by atoms with Crippen LogP contribution >= 0.6 is 0 Å². The van der Waals surface area contributed by atoms with Crippen LogP contribution in [0.25, 0.3) is 21.1 Å². The van der Waals surface area contributed by atoms with Crippen LogP contribution in [0.4, 0.5) is 0 Å². The fraction of sp³-hybridized carbons (Fsp3) is 0.500. The third-order valence-corrected chi connectivity index (χ3v) is 6.44. The molecule has 0 aliphatic rings. The predicted molar refractivity (Wildman–Crippen MR) is 137 cm³/mol. The second-order valence-electron chi connectivity index (χ2n) is 7.85. The zero-order valence-corrected chi connectivity index (χ0v) is 23.0. The molecule has 0 aromatic heterocycles. The number of hydrogen-bond donors (Lipinski definition) is 0. The van der Waals surface area contributed by atoms with Crippen molar-refractivity contribution in [3.8, 4) is 23.6 Å². The quantitative estimate of drug-likeness (QED) is 0.127. The van der Waals surface area contributed by atoms with E-state index in [2.05, 4.69) is 9.69 Å². The lowest BCUT2D eigenvalue weighted by molar-refractivity contribution is 0.0963. The Bertz CT molecular complexity index is 1370. The van der Waals surface area contributed by atoms with E-state index in [0.717, 1.165) is 0 Å². The molecule has 14 nitrogen and oxygen atoms in total. The summed E-state index contributed by atoms with van der Waals surface area (Å²) in [5.41, 5.74) is -0.672. The van der Waals surface area contributed by atoms with Gasteiger partial charge in [0.2, 0.25) is 0 Å². The Morgan fingerprint density at radius 3 is 1.38 bits per heavy atom. The summed E-state index contributed by atoms with van der Waals surface area (Å²) in [5, 5.41) is 18.9. The second kappa shape index (κ2) is 17.8. The van der Waals surface area contributed by atoms with Gasteiger partial charge in [-0.1, -0.05) is 0 Å². The molecule has 0 bridgehead atoms. The fourth-order valence-electron chi connectivity index (χ4n) is 3.05. The molecule has 0 radical (unpaired) electrons. The van der Waals surface area contributed by atoms with Crippen LogP contribution < -0.4 is 19.9 Å². The Morgan fingerprint density at radius 1 is 0.700 bits per heavy atom. The Kier molecular flexibility index (Phi) is 15.2. The van der Waals surface area contributed by atoms with Gasteiger partial charge >= 0.3 is 0 Å². The van der Waals surface area contributed by atoms with E-state index >= 15 is 0 Å². The molecule has 216 valence electrons. The van der Waals surface area contributed by atoms with Crippen LogP contribution in [0.3, 0.4) is 0 Å². The summed E-state index contributed by atoms with van der Waals surface area (Å²) < 4.78 is 85.7. The van der Waals surface area contributed by atoms with Crippen molar-refractivity contribution in [3.05, 3.63) is 45.4 Å². The van der Waals surface area contributed by atoms with Gasteiger partial charge < -0.3 is 28.1 Å². The normalized spacial score (nSPS) is 12.8. The molecule has 0 saturated carbocycles. The first kappa shape index (κ1) is 34.3. The van der Waals surface area contributed by atoms with Gasteiger partial charge in [-0.25, -0.2) is 37.0 Å². The maximum Gasteiger partial charge on any atom is 0.272 e. The summed E-state index contributed by atoms with van der Waals surface area (Å²) in [6.07, 6.45) is 0.967. The molecule has 0 aliphatic heterocycles. The average molecular weight is 595 g/mol. The largest absolute Gasteiger partial charge is 0.748 e. The molecular weight excluding hydrogens is 568 g/mol. The van der Waals surface area contributed by atoms with Crippen molar-refractivity contribution >= 4 is 31.6 Å². The summed E-state index contributed by atoms with van der Waals surface area (Å²) in [6.45, 7) is 15.0. The Labute approximate surface area is 232 Å². The van der Waals surface area contributed by atoms with Crippen LogP contribution in [0, 0.1) is 35.8 Å². The lowest BCUT2D eigenvalue weighted by Gasteiger charge is -2.13. The summed E-state index contributed by atoms with van der Waals surface area (Å²) in [6, 6.07) is 6.11. The summed E-state index contributed by atoms with van der Waals surface area (Å²) in [5.74, 6) is -0.929. The van der Waals surface area contributed by atoms with Crippen LogP contribution in [-0.4, -0.2) is 77.1 Å². The van der Waals surface area contributed by atoms with Crippen LogP contribution in [0.15, 0.2) is 12.1 Å². The van der Waals surface area contributed by atoms with E-state index in [1.807, 2.05) is 0 Å². The minimum absolute atomic E-state index is 0.0249. The molecule has 16 heteroatoms. The highest BCUT2D eigenvalue weighted by Gasteiger charge is 2.12. The standard InChI is InChI=1S/C24H28N4O10S2/c1-27-21(17-25)19-15-24(38-12-10-36-8-4-6-14-40(32,33)34)20(22(18-26)28-2)16-23(19)37-11-9-35-7-3-5-13-39(29,30)31/h15-16H,3-14H2,(H,29,30,31)(H,32,33,34)/p-2/b21-19-,22-20+. The number of nitrogens with zero attached hydrogens (tertiary/aromatic N) is 4. The Hall–Kier alpha value is -3.74. The molecule has 0 heterocycles. The minimum atomic E-state index is -4.29. The Balaban J connectivity index is 2.98. The highest BCUT2D eigenvalue weighted by atomic mass is 32.2. The van der Waals surface area contributed by atoms with Gasteiger partial charge in [-0.05, 0) is 37.8 Å². The number of unbranched alkanes of at least 4 members (excludes halogenated alkanes) is 2. The van der Waals surface area contributed by atoms with Crippen molar-refractivity contribution in [2.75, 3.05) is 51.1 Å². The van der Waals surface area contributed by atoms with Crippen molar-refractivity contribution < 1.29 is 44.9 Å². The van der Waals surface area contributed by atoms with E-state index in [1.54, 1.807) is 12.1 Å². The molecule has 0 unspecified atom stereocenters. The van der Waals surface area contributed by atoms with Gasteiger partial charge in [0.05, 0.1) is 58.7 Å². The maximum absolute atomic E-state index is 10.6. The summed E-state index contributed by atoms with van der Waals surface area (Å²) >= 11 is 0. The number of nitriles is 2. The zero-order chi connectivity index (χ0) is 30.0. The molecule has 0 spiro atoms. The van der Waals surface area contributed by atoms with E-state index in [9.17, 15) is 36.5 Å². The van der Waals surface area contributed by atoms with E-state index in [1.165, 1.54) is 12.1 Å². The third-order valence-electron chi connectivity index (χ3n) is 4.86. The fourth-order valence-corrected chi connectivity index (χ4v) is 4.17. The van der Waals surface area contributed by atoms with Crippen molar-refractivity contribution in [2.24, 2.45) is 0 Å². The van der Waals surface area contributed by atoms with Crippen LogP contribution in [0.2, 0.25) is 0 Å². The van der Waals surface area contributed by atoms with E-state index < -0.39 is 31.7 Å². The first-order chi connectivity index (χ1) is 19.0. The van der Waals surface area contributed by atoms with Gasteiger partial charge in [0.1, 0.15) is 24.7 Å². The van der Waals surface area contributed by atoms with Crippen LogP contribution in [0.1, 0.15) is 25.7 Å². The van der Waals surface area contributed by atoms with Gasteiger partial charge in [-0.15, -0.1) is 0 Å². The molecule has 1 rings (SSSR count). The molecule has 0 amide bonds. The van der Waals surface area contributed by atoms with Crippen molar-refractivity contribution in [1.29, 1.82) is 10.5 Å². The third kappa shape index (κ3) is 13.9. The molecule has 0 atom stereocenters. The summed E-state index contributed by atoms with van der Waals surface area (Å²) in [4.78, 5) is 6.38. The number of ether oxygens (including phenoxy) is 4. The molecule has 1 aromatic carbocycles. The van der Waals surface area contributed by atoms with E-state index in [-0.39, 0.29) is 85.8 Å². The molecule has 0 fully saturated rings. The topological polar surface area (TPSA) is 208 Å². The van der Waals surface area contributed by atoms with Crippen molar-refractivity contribution in [3.63, 3.8) is 0 Å². The van der Waals surface area contributed by atoms with Gasteiger partial charge in [0, 0.05) is 35.2 Å². The monoisotopic (exact) mass is 594 g/mol.